The Kier molecular flexibility index (Phi) is 10.2. The first-order chi connectivity index (χ1) is 17.8. The van der Waals surface area contributed by atoms with Gasteiger partial charge in [0.1, 0.15) is 11.5 Å². The van der Waals surface area contributed by atoms with Crippen molar-refractivity contribution in [2.75, 3.05) is 13.2 Å². The molecule has 1 N–H and O–H groups in total. The monoisotopic (exact) mass is 544 g/mol. The summed E-state index contributed by atoms with van der Waals surface area (Å²) in [6.45, 7) is 6.15. The average Bonchev–Trinajstić information content (AvgIpc) is 2.87. The molecule has 3 aromatic carbocycles. The van der Waals surface area contributed by atoms with Gasteiger partial charge in [0.2, 0.25) is 0 Å². The van der Waals surface area contributed by atoms with Crippen LogP contribution in [0, 0.1) is 0 Å². The van der Waals surface area contributed by atoms with Crippen LogP contribution in [0.25, 0.3) is 0 Å². The fraction of sp³-hybridized carbons (Fsp3) is 0.222. The first kappa shape index (κ1) is 27.8. The Morgan fingerprint density at radius 1 is 0.919 bits per heavy atom. The molecule has 37 heavy (non-hydrogen) atoms. The Morgan fingerprint density at radius 3 is 2.30 bits per heavy atom. The van der Waals surface area contributed by atoms with Gasteiger partial charge in [-0.3, -0.25) is 4.79 Å². The number of amides is 1. The van der Waals surface area contributed by atoms with E-state index in [2.05, 4.69) is 10.5 Å². The van der Waals surface area contributed by atoms with E-state index in [0.29, 0.717) is 51.6 Å². The number of nitrogens with one attached hydrogen (secondary N) is 1. The lowest BCUT2D eigenvalue weighted by Crippen LogP contribution is -2.33. The average molecular weight is 545 g/mol. The van der Waals surface area contributed by atoms with Crippen LogP contribution < -0.4 is 24.4 Å². The maximum Gasteiger partial charge on any atom is 0.343 e. The highest BCUT2D eigenvalue weighted by Gasteiger charge is 2.16. The number of ether oxygens (including phenoxy) is 4. The number of rotatable bonds is 11. The van der Waals surface area contributed by atoms with Gasteiger partial charge in [0, 0.05) is 5.02 Å². The van der Waals surface area contributed by atoms with E-state index in [-0.39, 0.29) is 5.75 Å². The zero-order chi connectivity index (χ0) is 26.8. The first-order valence-electron chi connectivity index (χ1n) is 11.5. The molecule has 8 nitrogen and oxygen atoms in total. The number of benzene rings is 3. The molecule has 0 radical (unpaired) electrons. The number of carbonyl (C=O) groups excluding carboxylic acids is 2. The van der Waals surface area contributed by atoms with Gasteiger partial charge in [0.25, 0.3) is 5.91 Å². The predicted octanol–water partition coefficient (Wildman–Crippen LogP) is 5.93. The van der Waals surface area contributed by atoms with Crippen LogP contribution in [0.2, 0.25) is 10.0 Å². The quantitative estimate of drug-likeness (QED) is 0.139. The second-order valence-electron chi connectivity index (χ2n) is 7.56. The topological polar surface area (TPSA) is 95.5 Å². The maximum absolute atomic E-state index is 12.6. The van der Waals surface area contributed by atoms with Gasteiger partial charge >= 0.3 is 5.97 Å². The van der Waals surface area contributed by atoms with Crippen molar-refractivity contribution >= 4 is 41.3 Å². The highest BCUT2D eigenvalue weighted by Crippen LogP contribution is 2.30. The predicted molar refractivity (Wildman–Crippen MR) is 142 cm³/mol. The van der Waals surface area contributed by atoms with E-state index < -0.39 is 18.0 Å². The third-order valence-electron chi connectivity index (χ3n) is 4.83. The number of carbonyl (C=O) groups is 2. The minimum atomic E-state index is -0.862. The largest absolute Gasteiger partial charge is 0.494 e. The molecular formula is C27H26Cl2N2O6. The molecule has 3 aromatic rings. The summed E-state index contributed by atoms with van der Waals surface area (Å²) >= 11 is 12.0. The van der Waals surface area contributed by atoms with Crippen molar-refractivity contribution in [2.45, 2.75) is 26.9 Å². The minimum Gasteiger partial charge on any atom is -0.494 e. The van der Waals surface area contributed by atoms with Crippen molar-refractivity contribution in [1.82, 2.24) is 5.43 Å². The number of hydrogen-bond donors (Lipinski definition) is 1. The summed E-state index contributed by atoms with van der Waals surface area (Å²) in [4.78, 5) is 24.9. The molecule has 0 aromatic heterocycles. The molecule has 1 amide bonds. The van der Waals surface area contributed by atoms with E-state index in [1.165, 1.54) is 12.3 Å². The van der Waals surface area contributed by atoms with Gasteiger partial charge in [-0.15, -0.1) is 0 Å². The molecule has 0 saturated heterocycles. The van der Waals surface area contributed by atoms with Crippen molar-refractivity contribution in [3.63, 3.8) is 0 Å². The van der Waals surface area contributed by atoms with E-state index in [9.17, 15) is 9.59 Å². The number of hydrogen-bond acceptors (Lipinski definition) is 7. The number of halogens is 2. The maximum atomic E-state index is 12.6. The summed E-state index contributed by atoms with van der Waals surface area (Å²) in [6.07, 6.45) is 0.569. The van der Waals surface area contributed by atoms with Crippen molar-refractivity contribution in [2.24, 2.45) is 5.10 Å². The number of hydrazone groups is 1. The Bertz CT molecular complexity index is 1260. The normalized spacial score (nSPS) is 11.6. The third-order valence-corrected chi connectivity index (χ3v) is 5.36. The molecule has 0 aliphatic heterocycles. The number of esters is 1. The lowest BCUT2D eigenvalue weighted by molar-refractivity contribution is -0.127. The van der Waals surface area contributed by atoms with Crippen LogP contribution in [0.15, 0.2) is 65.8 Å². The van der Waals surface area contributed by atoms with Crippen molar-refractivity contribution in [1.29, 1.82) is 0 Å². The van der Waals surface area contributed by atoms with Gasteiger partial charge < -0.3 is 18.9 Å². The van der Waals surface area contributed by atoms with E-state index in [1.54, 1.807) is 61.5 Å². The van der Waals surface area contributed by atoms with Crippen LogP contribution in [0.3, 0.4) is 0 Å². The fourth-order valence-electron chi connectivity index (χ4n) is 3.05. The fourth-order valence-corrected chi connectivity index (χ4v) is 3.50. The molecule has 0 spiro atoms. The van der Waals surface area contributed by atoms with E-state index >= 15 is 0 Å². The summed E-state index contributed by atoms with van der Waals surface area (Å²) in [5.74, 6) is 0.588. The third kappa shape index (κ3) is 8.13. The molecule has 1 atom stereocenters. The SMILES string of the molecule is CCOc1ccc(C(=O)Oc2ccc(/C=N\NC(=O)[C@H](C)Oc3ccc(Cl)cc3Cl)cc2OCC)cc1. The Balaban J connectivity index is 1.62. The van der Waals surface area contributed by atoms with Crippen LogP contribution in [-0.2, 0) is 4.79 Å². The summed E-state index contributed by atoms with van der Waals surface area (Å²) in [5.41, 5.74) is 3.40. The molecule has 0 heterocycles. The standard InChI is InChI=1S/C27H26Cl2N2O6/c1-4-34-21-10-7-19(8-11-21)27(33)37-24-12-6-18(14-25(24)35-5-2)16-30-31-26(32)17(3)36-23-13-9-20(28)15-22(23)29/h6-17H,4-5H2,1-3H3,(H,31,32)/b30-16-/t17-/m0/s1. The zero-order valence-electron chi connectivity index (χ0n) is 20.5. The summed E-state index contributed by atoms with van der Waals surface area (Å²) in [6, 6.07) is 16.3. The van der Waals surface area contributed by atoms with Crippen molar-refractivity contribution in [3.05, 3.63) is 81.8 Å². The molecule has 0 fully saturated rings. The van der Waals surface area contributed by atoms with Crippen LogP contribution in [0.5, 0.6) is 23.0 Å². The molecule has 0 saturated carbocycles. The van der Waals surface area contributed by atoms with Crippen LogP contribution in [-0.4, -0.2) is 37.4 Å². The molecule has 0 bridgehead atoms. The molecule has 0 unspecified atom stereocenters. The smallest absolute Gasteiger partial charge is 0.343 e. The van der Waals surface area contributed by atoms with Crippen molar-refractivity contribution in [3.8, 4) is 23.0 Å². The van der Waals surface area contributed by atoms with Gasteiger partial charge in [0.15, 0.2) is 17.6 Å². The van der Waals surface area contributed by atoms with Gasteiger partial charge in [-0.2, -0.15) is 5.10 Å². The van der Waals surface area contributed by atoms with E-state index in [1.807, 2.05) is 13.8 Å². The van der Waals surface area contributed by atoms with Crippen molar-refractivity contribution < 1.29 is 28.5 Å². The Labute approximate surface area is 225 Å². The van der Waals surface area contributed by atoms with Crippen LogP contribution in [0.1, 0.15) is 36.7 Å². The van der Waals surface area contributed by atoms with Gasteiger partial charge in [0.05, 0.1) is 30.0 Å². The van der Waals surface area contributed by atoms with Gasteiger partial charge in [-0.25, -0.2) is 10.2 Å². The second-order valence-corrected chi connectivity index (χ2v) is 8.40. The van der Waals surface area contributed by atoms with E-state index in [0.717, 1.165) is 0 Å². The van der Waals surface area contributed by atoms with Crippen LogP contribution >= 0.6 is 23.2 Å². The highest BCUT2D eigenvalue weighted by molar-refractivity contribution is 6.35. The Hall–Kier alpha value is -3.75. The summed E-state index contributed by atoms with van der Waals surface area (Å²) in [5, 5.41) is 4.72. The number of nitrogens with zero attached hydrogens (tertiary/aromatic N) is 1. The zero-order valence-corrected chi connectivity index (χ0v) is 22.0. The van der Waals surface area contributed by atoms with E-state index in [4.69, 9.17) is 42.1 Å². The molecule has 0 aliphatic carbocycles. The Morgan fingerprint density at radius 2 is 1.62 bits per heavy atom. The highest BCUT2D eigenvalue weighted by atomic mass is 35.5. The molecule has 3 rings (SSSR count). The van der Waals surface area contributed by atoms with Gasteiger partial charge in [-0.05, 0) is 87.0 Å². The molecule has 0 aliphatic rings. The lowest BCUT2D eigenvalue weighted by atomic mass is 10.2. The molecule has 194 valence electrons. The summed E-state index contributed by atoms with van der Waals surface area (Å²) in [7, 11) is 0. The summed E-state index contributed by atoms with van der Waals surface area (Å²) < 4.78 is 22.1. The van der Waals surface area contributed by atoms with Crippen LogP contribution in [0.4, 0.5) is 0 Å². The first-order valence-corrected chi connectivity index (χ1v) is 12.2. The minimum absolute atomic E-state index is 0.254. The molecule has 10 heteroatoms. The molecular weight excluding hydrogens is 519 g/mol. The lowest BCUT2D eigenvalue weighted by Gasteiger charge is -2.14. The second kappa shape index (κ2) is 13.5. The van der Waals surface area contributed by atoms with Gasteiger partial charge in [-0.1, -0.05) is 23.2 Å².